The normalized spacial score (nSPS) is 13.7. The minimum atomic E-state index is 0.101. The highest BCUT2D eigenvalue weighted by Gasteiger charge is 2.25. The number of nitrogens with zero attached hydrogens (tertiary/aromatic N) is 3. The maximum absolute atomic E-state index is 13.6. The first-order valence-corrected chi connectivity index (χ1v) is 13.6. The predicted molar refractivity (Wildman–Crippen MR) is 145 cm³/mol. The highest BCUT2D eigenvalue weighted by atomic mass is 32.2. The van der Waals surface area contributed by atoms with E-state index in [1.807, 2.05) is 24.3 Å². The summed E-state index contributed by atoms with van der Waals surface area (Å²) in [6.45, 7) is 2.59. The summed E-state index contributed by atoms with van der Waals surface area (Å²) in [5.74, 6) is 0.806. The molecule has 0 saturated heterocycles. The molecule has 0 N–H and O–H groups in total. The molecule has 3 aromatic carbocycles. The summed E-state index contributed by atoms with van der Waals surface area (Å²) in [6, 6.07) is 31.2. The lowest BCUT2D eigenvalue weighted by atomic mass is 10.1. The first-order chi connectivity index (χ1) is 17.3. The van der Waals surface area contributed by atoms with Crippen LogP contribution in [0.2, 0.25) is 0 Å². The van der Waals surface area contributed by atoms with E-state index in [2.05, 4.69) is 76.2 Å². The van der Waals surface area contributed by atoms with Crippen molar-refractivity contribution in [1.82, 2.24) is 14.5 Å². The summed E-state index contributed by atoms with van der Waals surface area (Å²) in [6.07, 6.45) is 0.776. The SMILES string of the molecule is O=c1c2c(sc3c1nc(SCc1ccccc1)n3-c1ccccc1)CN(Cc1ccccc1)CC2. The molecule has 5 aromatic rings. The van der Waals surface area contributed by atoms with Crippen molar-refractivity contribution in [2.45, 2.75) is 30.4 Å². The zero-order valence-corrected chi connectivity index (χ0v) is 20.9. The molecule has 0 amide bonds. The van der Waals surface area contributed by atoms with Gasteiger partial charge in [-0.2, -0.15) is 0 Å². The van der Waals surface area contributed by atoms with Crippen LogP contribution in [-0.2, 0) is 25.3 Å². The van der Waals surface area contributed by atoms with Crippen molar-refractivity contribution in [2.24, 2.45) is 0 Å². The quantitative estimate of drug-likeness (QED) is 0.259. The van der Waals surface area contributed by atoms with E-state index in [0.29, 0.717) is 5.52 Å². The van der Waals surface area contributed by atoms with Crippen LogP contribution in [0.3, 0.4) is 0 Å². The largest absolute Gasteiger partial charge is 0.294 e. The Kier molecular flexibility index (Phi) is 6.25. The molecule has 4 nitrogen and oxygen atoms in total. The Bertz CT molecular complexity index is 1510. The molecular formula is C29H25N3OS2. The number of thioether (sulfide) groups is 1. The lowest BCUT2D eigenvalue weighted by Crippen LogP contribution is -2.32. The molecule has 174 valence electrons. The number of fused-ring (bicyclic) bond motifs is 2. The second-order valence-electron chi connectivity index (χ2n) is 8.77. The van der Waals surface area contributed by atoms with Gasteiger partial charge in [0.15, 0.2) is 5.16 Å². The van der Waals surface area contributed by atoms with Crippen LogP contribution in [0.25, 0.3) is 16.0 Å². The topological polar surface area (TPSA) is 38.1 Å². The Morgan fingerprint density at radius 1 is 0.857 bits per heavy atom. The van der Waals surface area contributed by atoms with Crippen molar-refractivity contribution in [3.8, 4) is 5.69 Å². The number of imidazole rings is 1. The van der Waals surface area contributed by atoms with Gasteiger partial charge in [0.05, 0.1) is 0 Å². The third kappa shape index (κ3) is 4.57. The summed E-state index contributed by atoms with van der Waals surface area (Å²) in [5.41, 5.74) is 5.24. The Morgan fingerprint density at radius 3 is 2.23 bits per heavy atom. The van der Waals surface area contributed by atoms with Gasteiger partial charge in [-0.3, -0.25) is 14.3 Å². The molecule has 0 fully saturated rings. The fraction of sp³-hybridized carbons (Fsp3) is 0.172. The minimum absolute atomic E-state index is 0.101. The fourth-order valence-electron chi connectivity index (χ4n) is 4.61. The Balaban J connectivity index is 1.40. The number of rotatable bonds is 6. The second-order valence-corrected chi connectivity index (χ2v) is 10.8. The monoisotopic (exact) mass is 495 g/mol. The van der Waals surface area contributed by atoms with Crippen molar-refractivity contribution in [3.05, 3.63) is 123 Å². The van der Waals surface area contributed by atoms with E-state index >= 15 is 0 Å². The van der Waals surface area contributed by atoms with Crippen LogP contribution in [-0.4, -0.2) is 21.0 Å². The summed E-state index contributed by atoms with van der Waals surface area (Å²) < 4.78 is 2.17. The van der Waals surface area contributed by atoms with Crippen LogP contribution in [0, 0.1) is 0 Å². The van der Waals surface area contributed by atoms with Gasteiger partial charge in [0.1, 0.15) is 10.3 Å². The summed E-state index contributed by atoms with van der Waals surface area (Å²) in [7, 11) is 0. The minimum Gasteiger partial charge on any atom is -0.294 e. The highest BCUT2D eigenvalue weighted by Crippen LogP contribution is 2.34. The number of aromatic nitrogens is 2. The lowest BCUT2D eigenvalue weighted by molar-refractivity contribution is 0.248. The van der Waals surface area contributed by atoms with E-state index in [4.69, 9.17) is 4.98 Å². The van der Waals surface area contributed by atoms with Crippen molar-refractivity contribution in [1.29, 1.82) is 0 Å². The first-order valence-electron chi connectivity index (χ1n) is 11.8. The van der Waals surface area contributed by atoms with Crippen LogP contribution in [0.1, 0.15) is 21.6 Å². The smallest absolute Gasteiger partial charge is 0.211 e. The average Bonchev–Trinajstić information content (AvgIpc) is 3.28. The average molecular weight is 496 g/mol. The summed E-state index contributed by atoms with van der Waals surface area (Å²) >= 11 is 3.41. The standard InChI is InChI=1S/C29H25N3OS2/c33-27-24-16-17-31(18-21-10-4-1-5-11-21)19-25(24)35-28-26(27)30-29(32(28)23-14-8-3-9-15-23)34-20-22-12-6-2-7-13-22/h1-15H,16-20H2. The molecule has 3 heterocycles. The molecule has 0 unspecified atom stereocenters. The molecule has 35 heavy (non-hydrogen) atoms. The fourth-order valence-corrected chi connectivity index (χ4v) is 6.95. The summed E-state index contributed by atoms with van der Waals surface area (Å²) in [4.78, 5) is 23.1. The molecule has 0 aliphatic carbocycles. The van der Waals surface area contributed by atoms with Gasteiger partial charge in [-0.15, -0.1) is 11.3 Å². The number of hydrogen-bond acceptors (Lipinski definition) is 5. The van der Waals surface area contributed by atoms with Gasteiger partial charge >= 0.3 is 0 Å². The maximum atomic E-state index is 13.6. The number of para-hydroxylation sites is 1. The van der Waals surface area contributed by atoms with E-state index in [1.54, 1.807) is 23.1 Å². The molecule has 0 saturated carbocycles. The molecule has 2 aromatic heterocycles. The van der Waals surface area contributed by atoms with Crippen LogP contribution >= 0.6 is 23.1 Å². The van der Waals surface area contributed by atoms with Gasteiger partial charge in [-0.05, 0) is 29.7 Å². The van der Waals surface area contributed by atoms with Gasteiger partial charge in [0, 0.05) is 41.5 Å². The maximum Gasteiger partial charge on any atom is 0.211 e. The molecule has 0 bridgehead atoms. The van der Waals surface area contributed by atoms with Crippen LogP contribution in [0.5, 0.6) is 0 Å². The van der Waals surface area contributed by atoms with E-state index in [9.17, 15) is 4.79 Å². The highest BCUT2D eigenvalue weighted by molar-refractivity contribution is 7.98. The Morgan fingerprint density at radius 2 is 1.51 bits per heavy atom. The van der Waals surface area contributed by atoms with Gasteiger partial charge in [-0.1, -0.05) is 90.6 Å². The van der Waals surface area contributed by atoms with Crippen molar-refractivity contribution >= 4 is 33.4 Å². The number of benzene rings is 3. The van der Waals surface area contributed by atoms with E-state index < -0.39 is 0 Å². The van der Waals surface area contributed by atoms with Crippen LogP contribution in [0.15, 0.2) is 101 Å². The number of hydrogen-bond donors (Lipinski definition) is 0. The van der Waals surface area contributed by atoms with Crippen molar-refractivity contribution in [3.63, 3.8) is 0 Å². The summed E-state index contributed by atoms with van der Waals surface area (Å²) in [5, 5.41) is 0.867. The van der Waals surface area contributed by atoms with Gasteiger partial charge in [-0.25, -0.2) is 4.98 Å². The molecule has 0 radical (unpaired) electrons. The zero-order valence-electron chi connectivity index (χ0n) is 19.3. The lowest BCUT2D eigenvalue weighted by Gasteiger charge is -2.27. The van der Waals surface area contributed by atoms with Crippen LogP contribution in [0.4, 0.5) is 0 Å². The van der Waals surface area contributed by atoms with E-state index in [-0.39, 0.29) is 5.43 Å². The molecule has 0 atom stereocenters. The molecule has 1 aliphatic rings. The third-order valence-corrected chi connectivity index (χ3v) is 8.57. The van der Waals surface area contributed by atoms with E-state index in [1.165, 1.54) is 16.0 Å². The third-order valence-electron chi connectivity index (χ3n) is 6.37. The molecular weight excluding hydrogens is 470 g/mol. The van der Waals surface area contributed by atoms with Crippen molar-refractivity contribution < 1.29 is 0 Å². The van der Waals surface area contributed by atoms with Crippen molar-refractivity contribution in [2.75, 3.05) is 6.54 Å². The second kappa shape index (κ2) is 9.82. The molecule has 0 spiro atoms. The zero-order chi connectivity index (χ0) is 23.6. The molecule has 6 rings (SSSR count). The van der Waals surface area contributed by atoms with Gasteiger partial charge in [0.2, 0.25) is 5.43 Å². The van der Waals surface area contributed by atoms with E-state index in [0.717, 1.165) is 53.0 Å². The predicted octanol–water partition coefficient (Wildman–Crippen LogP) is 6.30. The molecule has 6 heteroatoms. The first kappa shape index (κ1) is 22.3. The Hall–Kier alpha value is -3.19. The van der Waals surface area contributed by atoms with Gasteiger partial charge < -0.3 is 0 Å². The Labute approximate surface area is 212 Å². The molecule has 1 aliphatic heterocycles. The van der Waals surface area contributed by atoms with Crippen LogP contribution < -0.4 is 5.43 Å². The van der Waals surface area contributed by atoms with Gasteiger partial charge in [0.25, 0.3) is 0 Å².